The highest BCUT2D eigenvalue weighted by molar-refractivity contribution is 7.20. The smallest absolute Gasteiger partial charge is 0.134 e. The van der Waals surface area contributed by atoms with Crippen molar-refractivity contribution in [3.05, 3.63) is 186 Å². The lowest BCUT2D eigenvalue weighted by molar-refractivity contribution is 0.535. The lowest BCUT2D eigenvalue weighted by Crippen LogP contribution is -2.46. The second-order valence-corrected chi connectivity index (χ2v) is 14.9. The monoisotopic (exact) mass is 684 g/mol. The van der Waals surface area contributed by atoms with Crippen molar-refractivity contribution in [3.63, 3.8) is 0 Å². The number of nitrogens with one attached hydrogen (secondary N) is 1. The maximum Gasteiger partial charge on any atom is 0.134 e. The Hall–Kier alpha value is -6.43. The molecule has 0 saturated heterocycles. The van der Waals surface area contributed by atoms with Gasteiger partial charge in [0.25, 0.3) is 0 Å². The summed E-state index contributed by atoms with van der Waals surface area (Å²) in [6.45, 7) is 2.29. The summed E-state index contributed by atoms with van der Waals surface area (Å²) in [5.74, 6) is 0.893. The van der Waals surface area contributed by atoms with Crippen LogP contribution in [0.25, 0.3) is 65.1 Å². The molecule has 10 aromatic rings. The van der Waals surface area contributed by atoms with Crippen molar-refractivity contribution in [3.8, 4) is 11.4 Å². The molecule has 1 N–H and O–H groups in total. The van der Waals surface area contributed by atoms with Crippen LogP contribution in [-0.4, -0.2) is 15.0 Å². The molecule has 5 heteroatoms. The van der Waals surface area contributed by atoms with E-state index < -0.39 is 5.54 Å². The van der Waals surface area contributed by atoms with E-state index in [1.165, 1.54) is 64.1 Å². The van der Waals surface area contributed by atoms with Gasteiger partial charge in [0.2, 0.25) is 0 Å². The summed E-state index contributed by atoms with van der Waals surface area (Å²) in [5, 5.41) is 10.1. The van der Waals surface area contributed by atoms with E-state index in [-0.39, 0.29) is 0 Å². The van der Waals surface area contributed by atoms with Crippen LogP contribution in [0.15, 0.2) is 175 Å². The van der Waals surface area contributed by atoms with E-state index in [2.05, 4.69) is 191 Å². The van der Waals surface area contributed by atoms with Crippen molar-refractivity contribution in [2.24, 2.45) is 4.99 Å². The minimum absolute atomic E-state index is 0.441. The normalized spacial score (nSPS) is 15.8. The molecular weight excluding hydrogens is 653 g/mol. The molecule has 0 spiro atoms. The molecule has 0 aliphatic carbocycles. The predicted molar refractivity (Wildman–Crippen MR) is 219 cm³/mol. The van der Waals surface area contributed by atoms with Crippen LogP contribution in [0.3, 0.4) is 0 Å². The number of hydrogen-bond acceptors (Lipinski definition) is 3. The van der Waals surface area contributed by atoms with E-state index in [1.54, 1.807) is 0 Å². The van der Waals surface area contributed by atoms with Gasteiger partial charge >= 0.3 is 0 Å². The van der Waals surface area contributed by atoms with E-state index >= 15 is 0 Å². The van der Waals surface area contributed by atoms with Gasteiger partial charge in [-0.3, -0.25) is 0 Å². The molecular formula is C47H32N4S. The average molecular weight is 685 g/mol. The molecule has 11 rings (SSSR count). The van der Waals surface area contributed by atoms with Crippen molar-refractivity contribution in [1.29, 1.82) is 0 Å². The first-order chi connectivity index (χ1) is 25.7. The Morgan fingerprint density at radius 1 is 0.500 bits per heavy atom. The third-order valence-corrected chi connectivity index (χ3v) is 12.2. The molecule has 246 valence electrons. The molecule has 0 radical (unpaired) electrons. The fraction of sp³-hybridized carbons (Fsp3) is 0.0426. The van der Waals surface area contributed by atoms with Gasteiger partial charge in [-0.2, -0.15) is 0 Å². The first-order valence-corrected chi connectivity index (χ1v) is 18.5. The number of fused-ring (bicyclic) bond motifs is 9. The van der Waals surface area contributed by atoms with Gasteiger partial charge in [0.1, 0.15) is 5.84 Å². The lowest BCUT2D eigenvalue weighted by Gasteiger charge is -2.35. The molecule has 4 heterocycles. The Morgan fingerprint density at radius 2 is 1.02 bits per heavy atom. The zero-order chi connectivity index (χ0) is 34.4. The molecule has 1 aliphatic heterocycles. The SMILES string of the molecule is CC1(c2ccccc2)NC(c2ccccc2)=Nc2c1sc1cc(-n3c4ccccc4c4cc(-n5c6ccccc6c6ccccc65)ccc43)ccc21. The average Bonchev–Trinajstić information content (AvgIpc) is 3.86. The van der Waals surface area contributed by atoms with E-state index in [0.717, 1.165) is 28.5 Å². The Kier molecular flexibility index (Phi) is 6.22. The number of amidine groups is 1. The van der Waals surface area contributed by atoms with Crippen LogP contribution in [0.5, 0.6) is 0 Å². The third-order valence-electron chi connectivity index (χ3n) is 10.8. The van der Waals surface area contributed by atoms with Crippen LogP contribution in [0, 0.1) is 0 Å². The molecule has 0 amide bonds. The molecule has 52 heavy (non-hydrogen) atoms. The fourth-order valence-corrected chi connectivity index (χ4v) is 9.68. The number of rotatable bonds is 4. The van der Waals surface area contributed by atoms with E-state index in [0.29, 0.717) is 0 Å². The Morgan fingerprint density at radius 3 is 1.67 bits per heavy atom. The van der Waals surface area contributed by atoms with Crippen LogP contribution in [-0.2, 0) is 5.54 Å². The zero-order valence-electron chi connectivity index (χ0n) is 28.4. The van der Waals surface area contributed by atoms with Gasteiger partial charge in [-0.1, -0.05) is 115 Å². The molecule has 0 fully saturated rings. The van der Waals surface area contributed by atoms with Crippen molar-refractivity contribution in [2.75, 3.05) is 0 Å². The largest absolute Gasteiger partial charge is 0.355 e. The molecule has 0 bridgehead atoms. The van der Waals surface area contributed by atoms with E-state index in [1.807, 2.05) is 11.3 Å². The predicted octanol–water partition coefficient (Wildman–Crippen LogP) is 12.0. The van der Waals surface area contributed by atoms with Crippen LogP contribution >= 0.6 is 11.3 Å². The number of benzene rings is 7. The second kappa shape index (κ2) is 11.0. The quantitative estimate of drug-likeness (QED) is 0.197. The van der Waals surface area contributed by atoms with E-state index in [9.17, 15) is 0 Å². The highest BCUT2D eigenvalue weighted by Crippen LogP contribution is 2.49. The van der Waals surface area contributed by atoms with Gasteiger partial charge in [0, 0.05) is 48.6 Å². The zero-order valence-corrected chi connectivity index (χ0v) is 29.2. The van der Waals surface area contributed by atoms with Gasteiger partial charge in [-0.05, 0) is 67.1 Å². The van der Waals surface area contributed by atoms with Gasteiger partial charge < -0.3 is 14.5 Å². The van der Waals surface area contributed by atoms with Crippen LogP contribution in [0.1, 0.15) is 22.9 Å². The number of thiophene rings is 1. The summed E-state index contributed by atoms with van der Waals surface area (Å²) >= 11 is 1.84. The summed E-state index contributed by atoms with van der Waals surface area (Å²) in [5.41, 5.74) is 10.0. The molecule has 1 atom stereocenters. The first-order valence-electron chi connectivity index (χ1n) is 17.7. The summed E-state index contributed by atoms with van der Waals surface area (Å²) in [7, 11) is 0. The van der Waals surface area contributed by atoms with Gasteiger partial charge in [-0.25, -0.2) is 4.99 Å². The van der Waals surface area contributed by atoms with Gasteiger partial charge in [0.05, 0.1) is 38.2 Å². The Labute approximate surface area is 304 Å². The minimum atomic E-state index is -0.441. The van der Waals surface area contributed by atoms with Crippen molar-refractivity contribution < 1.29 is 0 Å². The van der Waals surface area contributed by atoms with Crippen molar-refractivity contribution in [2.45, 2.75) is 12.5 Å². The first kappa shape index (κ1) is 29.3. The number of hydrogen-bond donors (Lipinski definition) is 1. The van der Waals surface area contributed by atoms with Gasteiger partial charge in [0.15, 0.2) is 0 Å². The fourth-order valence-electron chi connectivity index (χ4n) is 8.38. The maximum atomic E-state index is 5.30. The molecule has 1 aliphatic rings. The number of nitrogens with zero attached hydrogens (tertiary/aromatic N) is 3. The molecule has 1 unspecified atom stereocenters. The summed E-state index contributed by atoms with van der Waals surface area (Å²) in [6, 6.07) is 61.3. The Bertz CT molecular complexity index is 3000. The van der Waals surface area contributed by atoms with Crippen LogP contribution in [0.4, 0.5) is 5.69 Å². The number of aliphatic imine (C=N–C) groups is 1. The summed E-state index contributed by atoms with van der Waals surface area (Å²) in [4.78, 5) is 6.53. The minimum Gasteiger partial charge on any atom is -0.355 e. The standard InChI is InChI=1S/C47H32N4S/c1-47(31-16-6-3-7-17-31)45-44(48-46(49-47)30-14-4-2-5-15-30)37-26-24-33(29-43(37)52-45)51-41-23-13-10-20-36(41)38-28-32(25-27-42(38)51)50-39-21-11-8-18-34(39)35-19-9-12-22-40(35)50/h2-29H,1H3,(H,48,49). The van der Waals surface area contributed by atoms with Crippen LogP contribution < -0.4 is 5.32 Å². The van der Waals surface area contributed by atoms with E-state index in [4.69, 9.17) is 4.99 Å². The highest BCUT2D eigenvalue weighted by atomic mass is 32.1. The molecule has 4 nitrogen and oxygen atoms in total. The second-order valence-electron chi connectivity index (χ2n) is 13.8. The van der Waals surface area contributed by atoms with Crippen molar-refractivity contribution >= 4 is 76.6 Å². The molecule has 3 aromatic heterocycles. The number of para-hydroxylation sites is 3. The number of aromatic nitrogens is 2. The maximum absolute atomic E-state index is 5.30. The summed E-state index contributed by atoms with van der Waals surface area (Å²) in [6.07, 6.45) is 0. The molecule has 0 saturated carbocycles. The third kappa shape index (κ3) is 4.17. The Balaban J connectivity index is 1.12. The summed E-state index contributed by atoms with van der Waals surface area (Å²) < 4.78 is 6.05. The topological polar surface area (TPSA) is 34.2 Å². The highest BCUT2D eigenvalue weighted by Gasteiger charge is 2.38. The van der Waals surface area contributed by atoms with Gasteiger partial charge in [-0.15, -0.1) is 11.3 Å². The lowest BCUT2D eigenvalue weighted by atomic mass is 9.87. The molecule has 7 aromatic carbocycles. The van der Waals surface area contributed by atoms with Crippen molar-refractivity contribution in [1.82, 2.24) is 14.5 Å². The van der Waals surface area contributed by atoms with Crippen LogP contribution in [0.2, 0.25) is 0 Å².